The molecule has 2 heterocycles. The zero-order valence-corrected chi connectivity index (χ0v) is 14.6. The molecule has 2 aromatic rings. The zero-order valence-electron chi connectivity index (χ0n) is 14.6. The number of carbonyl (C=O) groups excluding carboxylic acids is 1. The van der Waals surface area contributed by atoms with Gasteiger partial charge in [0.1, 0.15) is 0 Å². The summed E-state index contributed by atoms with van der Waals surface area (Å²) in [6, 6.07) is 15.3. The predicted molar refractivity (Wildman–Crippen MR) is 97.3 cm³/mol. The number of amides is 1. The minimum absolute atomic E-state index is 0.0158. The van der Waals surface area contributed by atoms with Crippen LogP contribution in [0, 0.1) is 5.92 Å². The first-order valence-electron chi connectivity index (χ1n) is 9.45. The summed E-state index contributed by atoms with van der Waals surface area (Å²) >= 11 is 0. The number of hydrogen-bond donors (Lipinski definition) is 1. The third-order valence-electron chi connectivity index (χ3n) is 5.71. The highest BCUT2D eigenvalue weighted by molar-refractivity contribution is 5.91. The lowest BCUT2D eigenvalue weighted by Gasteiger charge is -2.39. The molecule has 0 spiro atoms. The second-order valence-corrected chi connectivity index (χ2v) is 7.29. The molecule has 4 rings (SSSR count). The van der Waals surface area contributed by atoms with E-state index in [-0.39, 0.29) is 5.91 Å². The molecule has 1 N–H and O–H groups in total. The lowest BCUT2D eigenvalue weighted by molar-refractivity contribution is 0.0661. The maximum atomic E-state index is 12.4. The van der Waals surface area contributed by atoms with E-state index in [1.807, 2.05) is 4.90 Å². The van der Waals surface area contributed by atoms with Gasteiger partial charge in [0.05, 0.1) is 6.26 Å². The Kier molecular flexibility index (Phi) is 4.88. The first-order chi connectivity index (χ1) is 12.3. The Balaban J connectivity index is 1.36. The lowest BCUT2D eigenvalue weighted by Crippen LogP contribution is -2.47. The zero-order chi connectivity index (χ0) is 17.1. The summed E-state index contributed by atoms with van der Waals surface area (Å²) in [6.45, 7) is 1.59. The van der Waals surface area contributed by atoms with Gasteiger partial charge >= 0.3 is 0 Å². The Labute approximate surface area is 149 Å². The van der Waals surface area contributed by atoms with Crippen LogP contribution < -0.4 is 5.32 Å². The van der Waals surface area contributed by atoms with Crippen molar-refractivity contribution in [3.8, 4) is 0 Å². The van der Waals surface area contributed by atoms with Crippen molar-refractivity contribution in [1.29, 1.82) is 0 Å². The van der Waals surface area contributed by atoms with Crippen LogP contribution in [0.3, 0.4) is 0 Å². The van der Waals surface area contributed by atoms with Crippen molar-refractivity contribution in [2.45, 2.75) is 44.2 Å². The Morgan fingerprint density at radius 1 is 1.04 bits per heavy atom. The fraction of sp³-hybridized carbons (Fsp3) is 0.476. The molecule has 132 valence electrons. The van der Waals surface area contributed by atoms with Gasteiger partial charge in [0, 0.05) is 25.2 Å². The summed E-state index contributed by atoms with van der Waals surface area (Å²) in [6.07, 6.45) is 7.56. The minimum Gasteiger partial charge on any atom is -0.459 e. The molecule has 0 unspecified atom stereocenters. The van der Waals surface area contributed by atoms with Gasteiger partial charge in [0.2, 0.25) is 0 Å². The quantitative estimate of drug-likeness (QED) is 0.896. The fourth-order valence-corrected chi connectivity index (χ4v) is 4.00. The molecule has 1 atom stereocenters. The number of hydrogen-bond acceptors (Lipinski definition) is 3. The summed E-state index contributed by atoms with van der Waals surface area (Å²) in [7, 11) is 0. The summed E-state index contributed by atoms with van der Waals surface area (Å²) in [5, 5.41) is 3.91. The van der Waals surface area contributed by atoms with Gasteiger partial charge in [0.25, 0.3) is 5.91 Å². The molecule has 0 radical (unpaired) electrons. The Hall–Kier alpha value is -2.07. The lowest BCUT2D eigenvalue weighted by atomic mass is 9.76. The van der Waals surface area contributed by atoms with Crippen LogP contribution in [0.25, 0.3) is 0 Å². The standard InChI is InChI=1S/C21H26N2O2/c24-21(19-10-5-15-25-19)23-13-11-18(12-14-23)22-20(17-8-4-9-17)16-6-2-1-3-7-16/h1-3,5-7,10,15,17-18,20,22H,4,8-9,11-14H2/t20-/m1/s1. The van der Waals surface area contributed by atoms with Crippen molar-refractivity contribution in [3.63, 3.8) is 0 Å². The van der Waals surface area contributed by atoms with Crippen molar-refractivity contribution in [2.24, 2.45) is 5.92 Å². The van der Waals surface area contributed by atoms with Gasteiger partial charge < -0.3 is 14.6 Å². The van der Waals surface area contributed by atoms with Crippen molar-refractivity contribution in [3.05, 3.63) is 60.1 Å². The first-order valence-corrected chi connectivity index (χ1v) is 9.45. The summed E-state index contributed by atoms with van der Waals surface area (Å²) in [4.78, 5) is 14.3. The number of benzene rings is 1. The van der Waals surface area contributed by atoms with E-state index in [2.05, 4.69) is 35.6 Å². The van der Waals surface area contributed by atoms with Gasteiger partial charge in [-0.2, -0.15) is 0 Å². The molecule has 1 aromatic heterocycles. The fourth-order valence-electron chi connectivity index (χ4n) is 4.00. The van der Waals surface area contributed by atoms with Crippen molar-refractivity contribution in [2.75, 3.05) is 13.1 Å². The van der Waals surface area contributed by atoms with Crippen LogP contribution in [-0.4, -0.2) is 29.9 Å². The van der Waals surface area contributed by atoms with E-state index in [9.17, 15) is 4.79 Å². The smallest absolute Gasteiger partial charge is 0.289 e. The van der Waals surface area contributed by atoms with Crippen LogP contribution in [0.4, 0.5) is 0 Å². The van der Waals surface area contributed by atoms with Gasteiger partial charge in [-0.1, -0.05) is 36.8 Å². The monoisotopic (exact) mass is 338 g/mol. The molecule has 4 heteroatoms. The SMILES string of the molecule is O=C(c1ccco1)N1CCC(N[C@H](c2ccccc2)C2CCC2)CC1. The van der Waals surface area contributed by atoms with E-state index in [1.165, 1.54) is 24.8 Å². The highest BCUT2D eigenvalue weighted by atomic mass is 16.3. The summed E-state index contributed by atoms with van der Waals surface area (Å²) < 4.78 is 5.24. The number of carbonyl (C=O) groups is 1. The highest BCUT2D eigenvalue weighted by Crippen LogP contribution is 2.38. The van der Waals surface area contributed by atoms with E-state index in [0.29, 0.717) is 17.8 Å². The third kappa shape index (κ3) is 3.64. The molecule has 2 fully saturated rings. The number of piperidine rings is 1. The number of furan rings is 1. The molecule has 2 aliphatic rings. The van der Waals surface area contributed by atoms with Crippen molar-refractivity contribution in [1.82, 2.24) is 10.2 Å². The summed E-state index contributed by atoms with van der Waals surface area (Å²) in [5.74, 6) is 1.22. The van der Waals surface area contributed by atoms with Gasteiger partial charge in [-0.25, -0.2) is 0 Å². The molecule has 1 aromatic carbocycles. The van der Waals surface area contributed by atoms with Crippen LogP contribution >= 0.6 is 0 Å². The predicted octanol–water partition coefficient (Wildman–Crippen LogP) is 4.02. The van der Waals surface area contributed by atoms with E-state index in [4.69, 9.17) is 4.42 Å². The van der Waals surface area contributed by atoms with Gasteiger partial charge in [-0.05, 0) is 49.3 Å². The molecule has 25 heavy (non-hydrogen) atoms. The highest BCUT2D eigenvalue weighted by Gasteiger charge is 2.32. The molecule has 1 amide bonds. The largest absolute Gasteiger partial charge is 0.459 e. The Morgan fingerprint density at radius 2 is 1.80 bits per heavy atom. The molecular weight excluding hydrogens is 312 g/mol. The van der Waals surface area contributed by atoms with Gasteiger partial charge in [-0.15, -0.1) is 0 Å². The van der Waals surface area contributed by atoms with E-state index in [1.54, 1.807) is 18.4 Å². The Bertz CT molecular complexity index is 671. The van der Waals surface area contributed by atoms with E-state index >= 15 is 0 Å². The molecule has 1 saturated carbocycles. The molecule has 1 aliphatic heterocycles. The number of nitrogens with one attached hydrogen (secondary N) is 1. The first kappa shape index (κ1) is 16.4. The normalized spacial score (nSPS) is 20.2. The third-order valence-corrected chi connectivity index (χ3v) is 5.71. The topological polar surface area (TPSA) is 45.5 Å². The number of rotatable bonds is 5. The molecule has 0 bridgehead atoms. The molecular formula is C21H26N2O2. The van der Waals surface area contributed by atoms with Crippen LogP contribution in [0.15, 0.2) is 53.1 Å². The molecule has 4 nitrogen and oxygen atoms in total. The summed E-state index contributed by atoms with van der Waals surface area (Å²) in [5.41, 5.74) is 1.40. The number of likely N-dealkylation sites (tertiary alicyclic amines) is 1. The van der Waals surface area contributed by atoms with E-state index < -0.39 is 0 Å². The second kappa shape index (κ2) is 7.44. The average Bonchev–Trinajstić information content (AvgIpc) is 3.15. The Morgan fingerprint density at radius 3 is 2.40 bits per heavy atom. The van der Waals surface area contributed by atoms with Crippen LogP contribution in [0.2, 0.25) is 0 Å². The van der Waals surface area contributed by atoms with Crippen molar-refractivity contribution >= 4 is 5.91 Å². The maximum absolute atomic E-state index is 12.4. The number of nitrogens with zero attached hydrogens (tertiary/aromatic N) is 1. The van der Waals surface area contributed by atoms with Gasteiger partial charge in [-0.3, -0.25) is 4.79 Å². The maximum Gasteiger partial charge on any atom is 0.289 e. The second-order valence-electron chi connectivity index (χ2n) is 7.29. The van der Waals surface area contributed by atoms with Crippen LogP contribution in [-0.2, 0) is 0 Å². The average molecular weight is 338 g/mol. The van der Waals surface area contributed by atoms with Crippen molar-refractivity contribution < 1.29 is 9.21 Å². The minimum atomic E-state index is 0.0158. The molecule has 1 saturated heterocycles. The van der Waals surface area contributed by atoms with Crippen LogP contribution in [0.1, 0.15) is 54.3 Å². The van der Waals surface area contributed by atoms with E-state index in [0.717, 1.165) is 31.8 Å². The van der Waals surface area contributed by atoms with Gasteiger partial charge in [0.15, 0.2) is 5.76 Å². The van der Waals surface area contributed by atoms with Crippen LogP contribution in [0.5, 0.6) is 0 Å². The molecule has 1 aliphatic carbocycles.